The molecule has 0 bridgehead atoms. The third-order valence-electron chi connectivity index (χ3n) is 5.27. The molecule has 0 radical (unpaired) electrons. The molecule has 3 heterocycles. The number of amides is 5. The Bertz CT molecular complexity index is 814. The average molecular weight is 453 g/mol. The van der Waals surface area contributed by atoms with E-state index < -0.39 is 0 Å². The number of carbonyl (C=O) groups excluding carboxylic acids is 4. The molecule has 0 saturated carbocycles. The first-order chi connectivity index (χ1) is 14.9. The van der Waals surface area contributed by atoms with Crippen molar-refractivity contribution in [2.24, 2.45) is 0 Å². The average Bonchev–Trinajstić information content (AvgIpc) is 3.20. The highest BCUT2D eigenvalue weighted by molar-refractivity contribution is 7.13. The Morgan fingerprint density at radius 1 is 0.968 bits per heavy atom. The molecule has 3 rings (SSSR count). The van der Waals surface area contributed by atoms with Gasteiger partial charge in [0.15, 0.2) is 5.13 Å². The Kier molecular flexibility index (Phi) is 7.66. The molecule has 12 heteroatoms. The van der Waals surface area contributed by atoms with Crippen molar-refractivity contribution in [3.63, 3.8) is 0 Å². The number of anilines is 1. The normalized spacial score (nSPS) is 16.8. The fourth-order valence-electron chi connectivity index (χ4n) is 3.46. The van der Waals surface area contributed by atoms with E-state index in [2.05, 4.69) is 10.3 Å². The fraction of sp³-hybridized carbons (Fsp3) is 0.632. The third kappa shape index (κ3) is 6.06. The Morgan fingerprint density at radius 3 is 2.16 bits per heavy atom. The number of thiazole rings is 1. The monoisotopic (exact) mass is 452 g/mol. The highest BCUT2D eigenvalue weighted by Gasteiger charge is 2.26. The topological polar surface area (TPSA) is 115 Å². The number of aromatic nitrogens is 1. The second-order valence-electron chi connectivity index (χ2n) is 7.31. The molecule has 0 aliphatic carbocycles. The summed E-state index contributed by atoms with van der Waals surface area (Å²) in [6, 6.07) is -0.259. The Hall–Kier alpha value is -2.89. The van der Waals surface area contributed by atoms with Crippen LogP contribution in [0.5, 0.6) is 0 Å². The number of piperazine rings is 2. The van der Waals surface area contributed by atoms with Gasteiger partial charge in [-0.1, -0.05) is 0 Å². The van der Waals surface area contributed by atoms with Crippen molar-refractivity contribution in [2.45, 2.75) is 20.3 Å². The van der Waals surface area contributed by atoms with Gasteiger partial charge in [0, 0.05) is 64.7 Å². The van der Waals surface area contributed by atoms with Crippen LogP contribution in [0.1, 0.15) is 19.5 Å². The zero-order valence-corrected chi connectivity index (χ0v) is 18.7. The van der Waals surface area contributed by atoms with Gasteiger partial charge in [-0.3, -0.25) is 14.9 Å². The van der Waals surface area contributed by atoms with Crippen molar-refractivity contribution in [2.75, 3.05) is 64.3 Å². The summed E-state index contributed by atoms with van der Waals surface area (Å²) in [4.78, 5) is 59.1. The Labute approximate surface area is 184 Å². The van der Waals surface area contributed by atoms with Crippen LogP contribution in [-0.4, -0.2) is 107 Å². The largest absolute Gasteiger partial charge is 0.450 e. The van der Waals surface area contributed by atoms with Gasteiger partial charge in [0.25, 0.3) is 0 Å². The van der Waals surface area contributed by atoms with Gasteiger partial charge >= 0.3 is 12.1 Å². The summed E-state index contributed by atoms with van der Waals surface area (Å²) in [5, 5.41) is 4.97. The third-order valence-corrected chi connectivity index (χ3v) is 6.08. The quantitative estimate of drug-likeness (QED) is 0.718. The molecule has 2 aliphatic rings. The van der Waals surface area contributed by atoms with E-state index in [0.29, 0.717) is 69.8 Å². The smallest absolute Gasteiger partial charge is 0.409 e. The van der Waals surface area contributed by atoms with E-state index in [1.807, 2.05) is 0 Å². The van der Waals surface area contributed by atoms with Crippen LogP contribution in [-0.2, 0) is 20.7 Å². The number of rotatable bonds is 4. The molecular weight excluding hydrogens is 424 g/mol. The number of carbonyl (C=O) groups is 4. The molecule has 170 valence electrons. The van der Waals surface area contributed by atoms with Gasteiger partial charge in [-0.25, -0.2) is 14.6 Å². The van der Waals surface area contributed by atoms with E-state index in [4.69, 9.17) is 4.74 Å². The summed E-state index contributed by atoms with van der Waals surface area (Å²) < 4.78 is 4.99. The number of hydrogen-bond donors (Lipinski definition) is 1. The maximum Gasteiger partial charge on any atom is 0.409 e. The van der Waals surface area contributed by atoms with Crippen LogP contribution in [0.4, 0.5) is 14.7 Å². The SMILES string of the molecule is CCOC(=O)N1CCN(C(=O)Cc2csc(NC(=O)N3CCN(C(C)=O)CC3)n2)CC1. The maximum absolute atomic E-state index is 12.6. The first-order valence-corrected chi connectivity index (χ1v) is 11.2. The van der Waals surface area contributed by atoms with Crippen LogP contribution in [0.3, 0.4) is 0 Å². The van der Waals surface area contributed by atoms with Gasteiger partial charge in [0.2, 0.25) is 11.8 Å². The highest BCUT2D eigenvalue weighted by Crippen LogP contribution is 2.18. The minimum absolute atomic E-state index is 0.0107. The maximum atomic E-state index is 12.6. The van der Waals surface area contributed by atoms with Gasteiger partial charge in [-0.05, 0) is 6.92 Å². The lowest BCUT2D eigenvalue weighted by atomic mass is 10.2. The van der Waals surface area contributed by atoms with Gasteiger partial charge in [0.05, 0.1) is 18.7 Å². The lowest BCUT2D eigenvalue weighted by Gasteiger charge is -2.34. The molecule has 31 heavy (non-hydrogen) atoms. The van der Waals surface area contributed by atoms with E-state index in [9.17, 15) is 19.2 Å². The van der Waals surface area contributed by atoms with Crippen molar-refractivity contribution in [3.05, 3.63) is 11.1 Å². The summed E-state index contributed by atoms with van der Waals surface area (Å²) in [5.41, 5.74) is 0.597. The first-order valence-electron chi connectivity index (χ1n) is 10.3. The predicted octanol–water partition coefficient (Wildman–Crippen LogP) is 0.682. The predicted molar refractivity (Wildman–Crippen MR) is 114 cm³/mol. The van der Waals surface area contributed by atoms with Crippen molar-refractivity contribution in [1.82, 2.24) is 24.6 Å². The minimum atomic E-state index is -0.350. The zero-order valence-electron chi connectivity index (χ0n) is 17.8. The van der Waals surface area contributed by atoms with E-state index in [1.165, 1.54) is 18.3 Å². The molecule has 5 amide bonds. The van der Waals surface area contributed by atoms with Crippen molar-refractivity contribution in [1.29, 1.82) is 0 Å². The van der Waals surface area contributed by atoms with Gasteiger partial charge in [-0.2, -0.15) is 0 Å². The summed E-state index contributed by atoms with van der Waals surface area (Å²) in [5.74, 6) is -0.0522. The molecular formula is C19H28N6O5S. The van der Waals surface area contributed by atoms with Crippen LogP contribution in [0.25, 0.3) is 0 Å². The molecule has 2 aliphatic heterocycles. The molecule has 2 saturated heterocycles. The zero-order chi connectivity index (χ0) is 22.4. The molecule has 0 spiro atoms. The highest BCUT2D eigenvalue weighted by atomic mass is 32.1. The number of ether oxygens (including phenoxy) is 1. The molecule has 2 fully saturated rings. The minimum Gasteiger partial charge on any atom is -0.450 e. The van der Waals surface area contributed by atoms with Crippen LogP contribution in [0.2, 0.25) is 0 Å². The molecule has 1 aromatic rings. The number of nitrogens with zero attached hydrogens (tertiary/aromatic N) is 5. The summed E-state index contributed by atoms with van der Waals surface area (Å²) in [7, 11) is 0. The molecule has 1 N–H and O–H groups in total. The number of urea groups is 1. The molecule has 0 aromatic carbocycles. The number of nitrogens with one attached hydrogen (secondary N) is 1. The van der Waals surface area contributed by atoms with Gasteiger partial charge < -0.3 is 24.3 Å². The lowest BCUT2D eigenvalue weighted by Crippen LogP contribution is -2.51. The van der Waals surface area contributed by atoms with E-state index in [1.54, 1.807) is 31.9 Å². The lowest BCUT2D eigenvalue weighted by molar-refractivity contribution is -0.132. The van der Waals surface area contributed by atoms with Crippen molar-refractivity contribution >= 4 is 40.4 Å². The first kappa shape index (κ1) is 22.8. The molecule has 0 unspecified atom stereocenters. The van der Waals surface area contributed by atoms with Crippen molar-refractivity contribution < 1.29 is 23.9 Å². The van der Waals surface area contributed by atoms with E-state index >= 15 is 0 Å². The Morgan fingerprint density at radius 2 is 1.55 bits per heavy atom. The standard InChI is InChI=1S/C19H28N6O5S/c1-3-30-19(29)25-10-6-23(7-11-25)16(27)12-15-13-31-17(20-15)21-18(28)24-8-4-22(5-9-24)14(2)26/h13H,3-12H2,1-2H3,(H,20,21,28). The van der Waals surface area contributed by atoms with E-state index in [0.717, 1.165) is 0 Å². The second-order valence-corrected chi connectivity index (χ2v) is 8.17. The van der Waals surface area contributed by atoms with Crippen LogP contribution < -0.4 is 5.32 Å². The summed E-state index contributed by atoms with van der Waals surface area (Å²) in [6.07, 6.45) is -0.208. The molecule has 0 atom stereocenters. The van der Waals surface area contributed by atoms with E-state index in [-0.39, 0.29) is 30.4 Å². The Balaban J connectivity index is 1.44. The van der Waals surface area contributed by atoms with Crippen LogP contribution in [0, 0.1) is 0 Å². The molecule has 11 nitrogen and oxygen atoms in total. The summed E-state index contributed by atoms with van der Waals surface area (Å²) in [6.45, 7) is 7.39. The fourth-order valence-corrected chi connectivity index (χ4v) is 4.16. The summed E-state index contributed by atoms with van der Waals surface area (Å²) >= 11 is 1.27. The van der Waals surface area contributed by atoms with Crippen LogP contribution >= 0.6 is 11.3 Å². The number of hydrogen-bond acceptors (Lipinski definition) is 7. The molecule has 1 aromatic heterocycles. The second kappa shape index (κ2) is 10.4. The van der Waals surface area contributed by atoms with Gasteiger partial charge in [-0.15, -0.1) is 11.3 Å². The van der Waals surface area contributed by atoms with Gasteiger partial charge in [0.1, 0.15) is 0 Å². The van der Waals surface area contributed by atoms with Crippen molar-refractivity contribution in [3.8, 4) is 0 Å². The van der Waals surface area contributed by atoms with Crippen LogP contribution in [0.15, 0.2) is 5.38 Å².